The molecule has 3 rings (SSSR count). The Morgan fingerprint density at radius 2 is 2.30 bits per heavy atom. The van der Waals surface area contributed by atoms with Gasteiger partial charge in [0.05, 0.1) is 6.54 Å². The minimum absolute atomic E-state index is 0.00974. The Morgan fingerprint density at radius 1 is 1.39 bits per heavy atom. The summed E-state index contributed by atoms with van der Waals surface area (Å²) in [4.78, 5) is 16.4. The molecule has 6 nitrogen and oxygen atoms in total. The molecule has 1 aromatic carbocycles. The number of nitrogens with zero attached hydrogens (tertiary/aromatic N) is 3. The van der Waals surface area contributed by atoms with Gasteiger partial charge in [-0.15, -0.1) is 0 Å². The number of nitrogens with one attached hydrogen (secondary N) is 2. The first kappa shape index (κ1) is 15.7. The molecule has 6 heteroatoms. The number of hydrogen-bond acceptors (Lipinski definition) is 4. The highest BCUT2D eigenvalue weighted by molar-refractivity contribution is 5.95. The highest BCUT2D eigenvalue weighted by Gasteiger charge is 2.14. The first-order chi connectivity index (χ1) is 11.3. The van der Waals surface area contributed by atoms with Gasteiger partial charge in [0.15, 0.2) is 0 Å². The molecule has 0 saturated carbocycles. The topological polar surface area (TPSA) is 71.8 Å². The molecular formula is C17H23N5O. The van der Waals surface area contributed by atoms with E-state index in [0.29, 0.717) is 18.0 Å². The second kappa shape index (κ2) is 7.87. The quantitative estimate of drug-likeness (QED) is 0.846. The van der Waals surface area contributed by atoms with Crippen LogP contribution in [0.5, 0.6) is 0 Å². The van der Waals surface area contributed by atoms with Crippen molar-refractivity contribution in [3.8, 4) is 0 Å². The van der Waals surface area contributed by atoms with Crippen LogP contribution >= 0.6 is 0 Å². The number of amides is 1. The summed E-state index contributed by atoms with van der Waals surface area (Å²) < 4.78 is 1.72. The van der Waals surface area contributed by atoms with Gasteiger partial charge in [0.2, 0.25) is 0 Å². The largest absolute Gasteiger partial charge is 0.352 e. The maximum absolute atomic E-state index is 12.5. The van der Waals surface area contributed by atoms with E-state index in [1.807, 2.05) is 24.3 Å². The fraction of sp³-hybridized carbons (Fsp3) is 0.471. The lowest BCUT2D eigenvalue weighted by Gasteiger charge is -2.22. The molecule has 1 aliphatic rings. The Morgan fingerprint density at radius 3 is 3.09 bits per heavy atom. The van der Waals surface area contributed by atoms with Crippen molar-refractivity contribution in [1.82, 2.24) is 25.4 Å². The smallest absolute Gasteiger partial charge is 0.251 e. The first-order valence-electron chi connectivity index (χ1n) is 8.22. The molecule has 1 saturated heterocycles. The molecule has 0 spiro atoms. The van der Waals surface area contributed by atoms with Gasteiger partial charge in [-0.3, -0.25) is 4.79 Å². The monoisotopic (exact) mass is 313 g/mol. The average molecular weight is 313 g/mol. The van der Waals surface area contributed by atoms with Gasteiger partial charge in [0.25, 0.3) is 5.91 Å². The number of hydrogen-bond donors (Lipinski definition) is 2. The summed E-state index contributed by atoms with van der Waals surface area (Å²) in [7, 11) is 0. The molecule has 1 fully saturated rings. The van der Waals surface area contributed by atoms with Gasteiger partial charge in [-0.2, -0.15) is 5.10 Å². The van der Waals surface area contributed by atoms with Crippen LogP contribution in [0.2, 0.25) is 0 Å². The second-order valence-corrected chi connectivity index (χ2v) is 6.01. The molecular weight excluding hydrogens is 290 g/mol. The summed E-state index contributed by atoms with van der Waals surface area (Å²) in [5.74, 6) is 0.666. The van der Waals surface area contributed by atoms with Gasteiger partial charge >= 0.3 is 0 Å². The fourth-order valence-electron chi connectivity index (χ4n) is 3.02. The van der Waals surface area contributed by atoms with Crippen molar-refractivity contribution in [3.63, 3.8) is 0 Å². The van der Waals surface area contributed by atoms with Crippen LogP contribution in [-0.2, 0) is 6.54 Å². The van der Waals surface area contributed by atoms with Crippen molar-refractivity contribution in [1.29, 1.82) is 0 Å². The van der Waals surface area contributed by atoms with Crippen LogP contribution in [-0.4, -0.2) is 40.3 Å². The van der Waals surface area contributed by atoms with Gasteiger partial charge in [0, 0.05) is 12.1 Å². The van der Waals surface area contributed by atoms with Crippen LogP contribution in [0.4, 0.5) is 0 Å². The van der Waals surface area contributed by atoms with Crippen molar-refractivity contribution in [2.45, 2.75) is 25.8 Å². The third kappa shape index (κ3) is 4.39. The van der Waals surface area contributed by atoms with E-state index in [1.165, 1.54) is 19.2 Å². The Balaban J connectivity index is 1.56. The van der Waals surface area contributed by atoms with Crippen LogP contribution < -0.4 is 10.6 Å². The van der Waals surface area contributed by atoms with Gasteiger partial charge in [0.1, 0.15) is 12.7 Å². The van der Waals surface area contributed by atoms with Crippen LogP contribution in [0.3, 0.4) is 0 Å². The average Bonchev–Trinajstić information content (AvgIpc) is 3.09. The number of rotatable bonds is 6. The molecule has 1 atom stereocenters. The summed E-state index contributed by atoms with van der Waals surface area (Å²) in [6, 6.07) is 7.66. The van der Waals surface area contributed by atoms with E-state index in [0.717, 1.165) is 31.6 Å². The third-order valence-electron chi connectivity index (χ3n) is 4.30. The summed E-state index contributed by atoms with van der Waals surface area (Å²) in [5, 5.41) is 10.6. The van der Waals surface area contributed by atoms with Crippen LogP contribution in [0.15, 0.2) is 36.9 Å². The van der Waals surface area contributed by atoms with E-state index in [9.17, 15) is 4.79 Å². The van der Waals surface area contributed by atoms with E-state index in [-0.39, 0.29) is 5.91 Å². The highest BCUT2D eigenvalue weighted by atomic mass is 16.1. The summed E-state index contributed by atoms with van der Waals surface area (Å²) in [6.07, 6.45) is 6.68. The summed E-state index contributed by atoms with van der Waals surface area (Å²) in [5.41, 5.74) is 1.67. The predicted molar refractivity (Wildman–Crippen MR) is 88.1 cm³/mol. The normalized spacial score (nSPS) is 17.8. The SMILES string of the molecule is O=C(NCCC1CCCNC1)c1ccccc1Cn1cncn1. The molecule has 1 amide bonds. The van der Waals surface area contributed by atoms with Gasteiger partial charge in [-0.05, 0) is 49.9 Å². The summed E-state index contributed by atoms with van der Waals surface area (Å²) >= 11 is 0. The number of piperidine rings is 1. The van der Waals surface area contributed by atoms with E-state index in [4.69, 9.17) is 0 Å². The standard InChI is InChI=1S/C17H23N5O/c23-17(20-9-7-14-4-3-8-18-10-14)16-6-2-1-5-15(16)11-22-13-19-12-21-22/h1-2,5-6,12-14,18H,3-4,7-11H2,(H,20,23). The van der Waals surface area contributed by atoms with Crippen molar-refractivity contribution in [2.24, 2.45) is 5.92 Å². The molecule has 0 radical (unpaired) electrons. The lowest BCUT2D eigenvalue weighted by Crippen LogP contribution is -2.33. The molecule has 23 heavy (non-hydrogen) atoms. The molecule has 1 unspecified atom stereocenters. The van der Waals surface area contributed by atoms with Gasteiger partial charge in [-0.1, -0.05) is 18.2 Å². The third-order valence-corrected chi connectivity index (χ3v) is 4.30. The minimum Gasteiger partial charge on any atom is -0.352 e. The lowest BCUT2D eigenvalue weighted by atomic mass is 9.96. The molecule has 0 aliphatic carbocycles. The molecule has 1 aliphatic heterocycles. The van der Waals surface area contributed by atoms with E-state index in [2.05, 4.69) is 20.7 Å². The highest BCUT2D eigenvalue weighted by Crippen LogP contribution is 2.14. The van der Waals surface area contributed by atoms with E-state index in [1.54, 1.807) is 11.0 Å². The maximum atomic E-state index is 12.5. The van der Waals surface area contributed by atoms with Crippen LogP contribution in [0, 0.1) is 5.92 Å². The van der Waals surface area contributed by atoms with Crippen molar-refractivity contribution in [2.75, 3.05) is 19.6 Å². The number of aromatic nitrogens is 3. The number of benzene rings is 1. The van der Waals surface area contributed by atoms with Crippen LogP contribution in [0.1, 0.15) is 35.2 Å². The Kier molecular flexibility index (Phi) is 5.37. The van der Waals surface area contributed by atoms with Crippen molar-refractivity contribution < 1.29 is 4.79 Å². The summed E-state index contributed by atoms with van der Waals surface area (Å²) in [6.45, 7) is 3.47. The molecule has 2 aromatic rings. The minimum atomic E-state index is -0.00974. The second-order valence-electron chi connectivity index (χ2n) is 6.01. The Hall–Kier alpha value is -2.21. The van der Waals surface area contributed by atoms with Gasteiger partial charge in [-0.25, -0.2) is 9.67 Å². The first-order valence-corrected chi connectivity index (χ1v) is 8.22. The van der Waals surface area contributed by atoms with Crippen LogP contribution in [0.25, 0.3) is 0 Å². The predicted octanol–water partition coefficient (Wildman–Crippen LogP) is 1.45. The zero-order valence-corrected chi connectivity index (χ0v) is 13.2. The zero-order chi connectivity index (χ0) is 15.9. The maximum Gasteiger partial charge on any atom is 0.251 e. The number of carbonyl (C=O) groups is 1. The van der Waals surface area contributed by atoms with Crippen molar-refractivity contribution in [3.05, 3.63) is 48.0 Å². The fourth-order valence-corrected chi connectivity index (χ4v) is 3.02. The van der Waals surface area contributed by atoms with E-state index < -0.39 is 0 Å². The zero-order valence-electron chi connectivity index (χ0n) is 13.2. The molecule has 2 N–H and O–H groups in total. The molecule has 2 heterocycles. The lowest BCUT2D eigenvalue weighted by molar-refractivity contribution is 0.0949. The Labute approximate surface area is 136 Å². The van der Waals surface area contributed by atoms with Gasteiger partial charge < -0.3 is 10.6 Å². The number of carbonyl (C=O) groups excluding carboxylic acids is 1. The molecule has 122 valence electrons. The van der Waals surface area contributed by atoms with Crippen molar-refractivity contribution >= 4 is 5.91 Å². The van der Waals surface area contributed by atoms with E-state index >= 15 is 0 Å². The molecule has 0 bridgehead atoms. The Bertz CT molecular complexity index is 620. The molecule has 1 aromatic heterocycles.